The highest BCUT2D eigenvalue weighted by Crippen LogP contribution is 2.35. The zero-order valence-corrected chi connectivity index (χ0v) is 11.9. The number of H-pyrrole nitrogens is 1. The van der Waals surface area contributed by atoms with Gasteiger partial charge in [0.1, 0.15) is 5.82 Å². The maximum atomic E-state index is 12.4. The van der Waals surface area contributed by atoms with E-state index in [0.29, 0.717) is 11.5 Å². The van der Waals surface area contributed by atoms with E-state index in [1.165, 1.54) is 0 Å². The molecule has 1 aliphatic heterocycles. The summed E-state index contributed by atoms with van der Waals surface area (Å²) in [6.07, 6.45) is 5.63. The Morgan fingerprint density at radius 3 is 2.95 bits per heavy atom. The van der Waals surface area contributed by atoms with Crippen molar-refractivity contribution in [2.75, 3.05) is 5.32 Å². The number of imidazole rings is 1. The van der Waals surface area contributed by atoms with Crippen molar-refractivity contribution in [3.8, 4) is 0 Å². The number of anilines is 1. The molecule has 2 aliphatic rings. The van der Waals surface area contributed by atoms with Gasteiger partial charge in [0.15, 0.2) is 0 Å². The van der Waals surface area contributed by atoms with E-state index in [9.17, 15) is 9.59 Å². The minimum absolute atomic E-state index is 0.0585. The second kappa shape index (κ2) is 4.98. The summed E-state index contributed by atoms with van der Waals surface area (Å²) in [4.78, 5) is 31.3. The van der Waals surface area contributed by atoms with Crippen molar-refractivity contribution in [3.63, 3.8) is 0 Å². The molecule has 6 heteroatoms. The molecule has 22 heavy (non-hydrogen) atoms. The van der Waals surface area contributed by atoms with E-state index < -0.39 is 0 Å². The molecule has 0 unspecified atom stereocenters. The third-order valence-corrected chi connectivity index (χ3v) is 4.41. The van der Waals surface area contributed by atoms with Crippen LogP contribution in [-0.4, -0.2) is 27.8 Å². The third kappa shape index (κ3) is 2.16. The molecule has 1 saturated carbocycles. The van der Waals surface area contributed by atoms with E-state index in [0.717, 1.165) is 29.9 Å². The number of fused-ring (bicyclic) bond motifs is 1. The molecule has 2 heterocycles. The summed E-state index contributed by atoms with van der Waals surface area (Å²) in [6.45, 7) is 0. The first-order valence-electron chi connectivity index (χ1n) is 7.42. The van der Waals surface area contributed by atoms with Crippen molar-refractivity contribution in [2.24, 2.45) is 0 Å². The van der Waals surface area contributed by atoms with Crippen LogP contribution in [0.1, 0.15) is 40.5 Å². The predicted octanol–water partition coefficient (Wildman–Crippen LogP) is 1.58. The Kier molecular flexibility index (Phi) is 2.96. The van der Waals surface area contributed by atoms with Crippen LogP contribution in [0.2, 0.25) is 0 Å². The minimum Gasteiger partial charge on any atom is -0.349 e. The number of carbonyl (C=O) groups is 2. The third-order valence-electron chi connectivity index (χ3n) is 4.41. The lowest BCUT2D eigenvalue weighted by atomic mass is 9.79. The zero-order valence-electron chi connectivity index (χ0n) is 11.9. The summed E-state index contributed by atoms with van der Waals surface area (Å²) in [5.74, 6) is 1.22. The fourth-order valence-corrected chi connectivity index (χ4v) is 3.18. The first-order valence-corrected chi connectivity index (χ1v) is 7.42. The number of aromatic amines is 1. The molecule has 4 rings (SSSR count). The number of hydrogen-bond donors (Lipinski definition) is 3. The maximum absolute atomic E-state index is 12.4. The topological polar surface area (TPSA) is 86.9 Å². The number of rotatable bonds is 3. The van der Waals surface area contributed by atoms with Crippen LogP contribution in [0.15, 0.2) is 30.6 Å². The number of nitrogens with zero attached hydrogens (tertiary/aromatic N) is 1. The summed E-state index contributed by atoms with van der Waals surface area (Å²) < 4.78 is 0. The van der Waals surface area contributed by atoms with Gasteiger partial charge in [0.25, 0.3) is 5.91 Å². The molecule has 0 atom stereocenters. The molecule has 2 amide bonds. The van der Waals surface area contributed by atoms with Crippen LogP contribution in [0.4, 0.5) is 5.69 Å². The van der Waals surface area contributed by atoms with E-state index in [2.05, 4.69) is 20.6 Å². The summed E-state index contributed by atoms with van der Waals surface area (Å²) in [7, 11) is 0. The summed E-state index contributed by atoms with van der Waals surface area (Å²) in [5.41, 5.74) is 2.14. The number of hydrogen-bond acceptors (Lipinski definition) is 3. The summed E-state index contributed by atoms with van der Waals surface area (Å²) >= 11 is 0. The van der Waals surface area contributed by atoms with Crippen molar-refractivity contribution in [2.45, 2.75) is 31.2 Å². The average Bonchev–Trinajstić information content (AvgIpc) is 3.09. The van der Waals surface area contributed by atoms with E-state index in [1.807, 2.05) is 12.3 Å². The van der Waals surface area contributed by atoms with Gasteiger partial charge in [-0.1, -0.05) is 6.07 Å². The Bertz CT molecular complexity index is 733. The van der Waals surface area contributed by atoms with E-state index in [1.54, 1.807) is 18.3 Å². The first kappa shape index (κ1) is 13.1. The number of aromatic nitrogens is 2. The van der Waals surface area contributed by atoms with Crippen molar-refractivity contribution in [1.82, 2.24) is 15.3 Å². The van der Waals surface area contributed by atoms with Gasteiger partial charge in [0.2, 0.25) is 5.91 Å². The molecule has 112 valence electrons. The van der Waals surface area contributed by atoms with Crippen LogP contribution in [-0.2, 0) is 11.2 Å². The second-order valence-corrected chi connectivity index (χ2v) is 5.87. The zero-order chi connectivity index (χ0) is 15.1. The van der Waals surface area contributed by atoms with Crippen LogP contribution in [0, 0.1) is 0 Å². The quantitative estimate of drug-likeness (QED) is 0.803. The molecule has 1 aromatic heterocycles. The lowest BCUT2D eigenvalue weighted by Crippen LogP contribution is -2.43. The Morgan fingerprint density at radius 1 is 1.32 bits per heavy atom. The van der Waals surface area contributed by atoms with Crippen LogP contribution in [0.25, 0.3) is 0 Å². The van der Waals surface area contributed by atoms with Gasteiger partial charge in [0, 0.05) is 35.6 Å². The van der Waals surface area contributed by atoms with Crippen LogP contribution >= 0.6 is 0 Å². The molecule has 1 fully saturated rings. The van der Waals surface area contributed by atoms with Gasteiger partial charge in [0.05, 0.1) is 6.42 Å². The number of carbonyl (C=O) groups excluding carboxylic acids is 2. The van der Waals surface area contributed by atoms with Gasteiger partial charge < -0.3 is 15.6 Å². The Balaban J connectivity index is 1.42. The average molecular weight is 296 g/mol. The molecule has 3 N–H and O–H groups in total. The standard InChI is InChI=1S/C16H16N4O2/c21-14-8-12-11(2-1-3-13(12)20-14)16(22)19-10-6-9(7-10)15-17-4-5-18-15/h1-5,9-10H,6-8H2,(H,17,18)(H,19,22)(H,20,21). The molecule has 0 spiro atoms. The van der Waals surface area contributed by atoms with Gasteiger partial charge in [-0.25, -0.2) is 4.98 Å². The number of nitrogens with one attached hydrogen (secondary N) is 3. The highest BCUT2D eigenvalue weighted by Gasteiger charge is 2.34. The molecule has 0 radical (unpaired) electrons. The number of benzene rings is 1. The van der Waals surface area contributed by atoms with Gasteiger partial charge in [-0.05, 0) is 30.5 Å². The molecule has 1 aromatic carbocycles. The van der Waals surface area contributed by atoms with Gasteiger partial charge >= 0.3 is 0 Å². The normalized spacial score (nSPS) is 22.6. The smallest absolute Gasteiger partial charge is 0.251 e. The van der Waals surface area contributed by atoms with Gasteiger partial charge in [-0.2, -0.15) is 0 Å². The highest BCUT2D eigenvalue weighted by atomic mass is 16.2. The first-order chi connectivity index (χ1) is 10.7. The van der Waals surface area contributed by atoms with Crippen LogP contribution in [0.5, 0.6) is 0 Å². The maximum Gasteiger partial charge on any atom is 0.251 e. The fourth-order valence-electron chi connectivity index (χ4n) is 3.18. The van der Waals surface area contributed by atoms with Gasteiger partial charge in [-0.15, -0.1) is 0 Å². The number of amides is 2. The molecule has 0 saturated heterocycles. The minimum atomic E-state index is -0.101. The molecular weight excluding hydrogens is 280 g/mol. The van der Waals surface area contributed by atoms with Crippen molar-refractivity contribution >= 4 is 17.5 Å². The van der Waals surface area contributed by atoms with E-state index >= 15 is 0 Å². The molecule has 1 aliphatic carbocycles. The van der Waals surface area contributed by atoms with Crippen molar-refractivity contribution in [1.29, 1.82) is 0 Å². The van der Waals surface area contributed by atoms with Crippen LogP contribution < -0.4 is 10.6 Å². The van der Waals surface area contributed by atoms with E-state index in [4.69, 9.17) is 0 Å². The second-order valence-electron chi connectivity index (χ2n) is 5.87. The SMILES string of the molecule is O=C1Cc2c(cccc2C(=O)NC2CC(c3ncc[nH]3)C2)N1. The largest absolute Gasteiger partial charge is 0.349 e. The summed E-state index contributed by atoms with van der Waals surface area (Å²) in [6, 6.07) is 5.57. The van der Waals surface area contributed by atoms with E-state index in [-0.39, 0.29) is 24.3 Å². The molecule has 6 nitrogen and oxygen atoms in total. The Hall–Kier alpha value is -2.63. The molecule has 0 bridgehead atoms. The lowest BCUT2D eigenvalue weighted by Gasteiger charge is -2.34. The Labute approximate surface area is 127 Å². The molecular formula is C16H16N4O2. The highest BCUT2D eigenvalue weighted by molar-refractivity contribution is 6.05. The predicted molar refractivity (Wildman–Crippen MR) is 80.6 cm³/mol. The van der Waals surface area contributed by atoms with Crippen molar-refractivity contribution < 1.29 is 9.59 Å². The lowest BCUT2D eigenvalue weighted by molar-refractivity contribution is -0.115. The molecule has 2 aromatic rings. The Morgan fingerprint density at radius 2 is 2.18 bits per heavy atom. The van der Waals surface area contributed by atoms with Gasteiger partial charge in [-0.3, -0.25) is 9.59 Å². The summed E-state index contributed by atoms with van der Waals surface area (Å²) in [5, 5.41) is 5.82. The monoisotopic (exact) mass is 296 g/mol. The van der Waals surface area contributed by atoms with Crippen molar-refractivity contribution in [3.05, 3.63) is 47.5 Å². The fraction of sp³-hybridized carbons (Fsp3) is 0.312. The van der Waals surface area contributed by atoms with Crippen LogP contribution in [0.3, 0.4) is 0 Å².